The molecule has 138 valence electrons. The predicted molar refractivity (Wildman–Crippen MR) is 102 cm³/mol. The Hall–Kier alpha value is -2.82. The van der Waals surface area contributed by atoms with E-state index >= 15 is 0 Å². The van der Waals surface area contributed by atoms with E-state index in [9.17, 15) is 9.59 Å². The van der Waals surface area contributed by atoms with Crippen molar-refractivity contribution in [3.05, 3.63) is 58.7 Å². The molecule has 26 heavy (non-hydrogen) atoms. The Morgan fingerprint density at radius 3 is 2.35 bits per heavy atom. The molecule has 5 nitrogen and oxygen atoms in total. The largest absolute Gasteiger partial charge is 0.481 e. The lowest BCUT2D eigenvalue weighted by molar-refractivity contribution is -0.122. The first kappa shape index (κ1) is 19.5. The minimum absolute atomic E-state index is 0.257. The first-order chi connectivity index (χ1) is 12.3. The first-order valence-electron chi connectivity index (χ1n) is 8.64. The topological polar surface area (TPSA) is 64.6 Å². The van der Waals surface area contributed by atoms with Gasteiger partial charge in [0.1, 0.15) is 5.75 Å². The molecule has 2 aromatic carbocycles. The molecule has 0 aliphatic heterocycles. The fraction of sp³-hybridized carbons (Fsp3) is 0.333. The molecular formula is C21H25NO4. The Morgan fingerprint density at radius 2 is 1.73 bits per heavy atom. The third-order valence-corrected chi connectivity index (χ3v) is 4.10. The van der Waals surface area contributed by atoms with Crippen LogP contribution in [0.2, 0.25) is 0 Å². The number of amides is 1. The molecule has 0 bridgehead atoms. The van der Waals surface area contributed by atoms with Gasteiger partial charge in [-0.1, -0.05) is 6.07 Å². The van der Waals surface area contributed by atoms with Crippen LogP contribution >= 0.6 is 0 Å². The van der Waals surface area contributed by atoms with Crippen LogP contribution in [0.4, 0.5) is 5.69 Å². The van der Waals surface area contributed by atoms with Crippen molar-refractivity contribution < 1.29 is 19.1 Å². The summed E-state index contributed by atoms with van der Waals surface area (Å²) in [5.41, 5.74) is 4.28. The van der Waals surface area contributed by atoms with Gasteiger partial charge in [0, 0.05) is 5.69 Å². The molecule has 0 aromatic heterocycles. The van der Waals surface area contributed by atoms with Crippen LogP contribution < -0.4 is 10.1 Å². The number of hydrogen-bond acceptors (Lipinski definition) is 4. The van der Waals surface area contributed by atoms with Crippen molar-refractivity contribution in [1.29, 1.82) is 0 Å². The highest BCUT2D eigenvalue weighted by atomic mass is 16.5. The minimum Gasteiger partial charge on any atom is -0.481 e. The molecule has 0 saturated carbocycles. The summed E-state index contributed by atoms with van der Waals surface area (Å²) in [6.07, 6.45) is -0.653. The number of anilines is 1. The highest BCUT2D eigenvalue weighted by molar-refractivity contribution is 5.95. The lowest BCUT2D eigenvalue weighted by Crippen LogP contribution is -2.30. The van der Waals surface area contributed by atoms with E-state index < -0.39 is 6.10 Å². The number of ether oxygens (including phenoxy) is 2. The molecule has 0 unspecified atom stereocenters. The van der Waals surface area contributed by atoms with E-state index in [2.05, 4.69) is 11.4 Å². The predicted octanol–water partition coefficient (Wildman–Crippen LogP) is 4.19. The molecule has 5 heteroatoms. The number of nitrogens with one attached hydrogen (secondary N) is 1. The van der Waals surface area contributed by atoms with Crippen LogP contribution in [0.15, 0.2) is 36.4 Å². The average molecular weight is 355 g/mol. The third kappa shape index (κ3) is 4.85. The number of hydrogen-bond donors (Lipinski definition) is 1. The van der Waals surface area contributed by atoms with Gasteiger partial charge in [0.05, 0.1) is 12.2 Å². The highest BCUT2D eigenvalue weighted by Gasteiger charge is 2.17. The van der Waals surface area contributed by atoms with Gasteiger partial charge in [0.2, 0.25) is 0 Å². The second kappa shape index (κ2) is 8.52. The Kier molecular flexibility index (Phi) is 6.39. The number of esters is 1. The van der Waals surface area contributed by atoms with Crippen molar-refractivity contribution in [2.75, 3.05) is 11.9 Å². The van der Waals surface area contributed by atoms with Gasteiger partial charge >= 0.3 is 5.97 Å². The second-order valence-corrected chi connectivity index (χ2v) is 6.25. The fourth-order valence-electron chi connectivity index (χ4n) is 2.52. The number of aryl methyl sites for hydroxylation is 2. The summed E-state index contributed by atoms with van der Waals surface area (Å²) in [7, 11) is 0. The molecule has 0 heterocycles. The molecule has 1 amide bonds. The van der Waals surface area contributed by atoms with Crippen LogP contribution in [0, 0.1) is 20.8 Å². The molecule has 1 N–H and O–H groups in total. The van der Waals surface area contributed by atoms with Crippen molar-refractivity contribution in [2.45, 2.75) is 40.7 Å². The van der Waals surface area contributed by atoms with Crippen LogP contribution in [-0.4, -0.2) is 24.6 Å². The molecule has 0 aliphatic carbocycles. The van der Waals surface area contributed by atoms with E-state index in [4.69, 9.17) is 9.47 Å². The summed E-state index contributed by atoms with van der Waals surface area (Å²) in [5, 5.41) is 2.79. The lowest BCUT2D eigenvalue weighted by atomic mass is 10.1. The van der Waals surface area contributed by atoms with Crippen LogP contribution in [0.1, 0.15) is 40.9 Å². The fourth-order valence-corrected chi connectivity index (χ4v) is 2.52. The molecule has 2 aromatic rings. The van der Waals surface area contributed by atoms with Gasteiger partial charge in [-0.25, -0.2) is 4.79 Å². The molecule has 2 rings (SSSR count). The van der Waals surface area contributed by atoms with Crippen LogP contribution in [0.25, 0.3) is 0 Å². The maximum absolute atomic E-state index is 12.4. The number of benzene rings is 2. The van der Waals surface area contributed by atoms with Crippen molar-refractivity contribution >= 4 is 17.6 Å². The van der Waals surface area contributed by atoms with Gasteiger partial charge < -0.3 is 14.8 Å². The van der Waals surface area contributed by atoms with Crippen molar-refractivity contribution in [3.63, 3.8) is 0 Å². The van der Waals surface area contributed by atoms with Crippen molar-refractivity contribution in [3.8, 4) is 5.75 Å². The van der Waals surface area contributed by atoms with E-state index in [1.165, 1.54) is 0 Å². The van der Waals surface area contributed by atoms with E-state index in [0.29, 0.717) is 23.6 Å². The van der Waals surface area contributed by atoms with Crippen LogP contribution in [-0.2, 0) is 9.53 Å². The molecule has 0 radical (unpaired) electrons. The summed E-state index contributed by atoms with van der Waals surface area (Å²) < 4.78 is 10.8. The van der Waals surface area contributed by atoms with E-state index in [-0.39, 0.29) is 11.9 Å². The maximum Gasteiger partial charge on any atom is 0.338 e. The van der Waals surface area contributed by atoms with Gasteiger partial charge in [-0.05, 0) is 81.6 Å². The smallest absolute Gasteiger partial charge is 0.338 e. The zero-order valence-corrected chi connectivity index (χ0v) is 15.9. The monoisotopic (exact) mass is 355 g/mol. The van der Waals surface area contributed by atoms with Gasteiger partial charge in [0.15, 0.2) is 6.10 Å². The normalized spacial score (nSPS) is 11.6. The third-order valence-electron chi connectivity index (χ3n) is 4.10. The number of carbonyl (C=O) groups excluding carboxylic acids is 2. The Bertz CT molecular complexity index is 796. The zero-order chi connectivity index (χ0) is 19.3. The molecule has 1 atom stereocenters. The van der Waals surface area contributed by atoms with Gasteiger partial charge in [-0.15, -0.1) is 0 Å². The van der Waals surface area contributed by atoms with Gasteiger partial charge in [0.25, 0.3) is 5.91 Å². The lowest BCUT2D eigenvalue weighted by Gasteiger charge is -2.18. The van der Waals surface area contributed by atoms with E-state index in [1.54, 1.807) is 38.1 Å². The van der Waals surface area contributed by atoms with Gasteiger partial charge in [-0.3, -0.25) is 4.79 Å². The summed E-state index contributed by atoms with van der Waals surface area (Å²) in [6.45, 7) is 9.78. The SMILES string of the molecule is CCOC(=O)c1ccc(NC(=O)[C@H](C)Oc2cc(C)cc(C)c2C)cc1. The average Bonchev–Trinajstić information content (AvgIpc) is 2.60. The number of carbonyl (C=O) groups is 2. The summed E-state index contributed by atoms with van der Waals surface area (Å²) in [6, 6.07) is 10.6. The Labute approximate surface area is 154 Å². The highest BCUT2D eigenvalue weighted by Crippen LogP contribution is 2.24. The van der Waals surface area contributed by atoms with E-state index in [0.717, 1.165) is 16.7 Å². The molecule has 0 saturated heterocycles. The van der Waals surface area contributed by atoms with Crippen LogP contribution in [0.5, 0.6) is 5.75 Å². The van der Waals surface area contributed by atoms with Crippen molar-refractivity contribution in [1.82, 2.24) is 0 Å². The Morgan fingerprint density at radius 1 is 1.08 bits per heavy atom. The number of rotatable bonds is 6. The van der Waals surface area contributed by atoms with E-state index in [1.807, 2.05) is 26.8 Å². The Balaban J connectivity index is 2.02. The van der Waals surface area contributed by atoms with Crippen molar-refractivity contribution in [2.24, 2.45) is 0 Å². The zero-order valence-electron chi connectivity index (χ0n) is 15.9. The summed E-state index contributed by atoms with van der Waals surface area (Å²) in [5.74, 6) is 0.0719. The quantitative estimate of drug-likeness (QED) is 0.789. The van der Waals surface area contributed by atoms with Crippen LogP contribution in [0.3, 0.4) is 0 Å². The first-order valence-corrected chi connectivity index (χ1v) is 8.64. The molecule has 0 fully saturated rings. The molecule has 0 aliphatic rings. The van der Waals surface area contributed by atoms with Gasteiger partial charge in [-0.2, -0.15) is 0 Å². The maximum atomic E-state index is 12.4. The summed E-state index contributed by atoms with van der Waals surface area (Å²) >= 11 is 0. The molecular weight excluding hydrogens is 330 g/mol. The summed E-state index contributed by atoms with van der Waals surface area (Å²) in [4.78, 5) is 24.0. The standard InChI is InChI=1S/C21H25NO4/c1-6-25-21(24)17-7-9-18(10-8-17)22-20(23)16(5)26-19-12-13(2)11-14(3)15(19)4/h7-12,16H,6H2,1-5H3,(H,22,23)/t16-/m0/s1. The second-order valence-electron chi connectivity index (χ2n) is 6.25. The minimum atomic E-state index is -0.653. The molecule has 0 spiro atoms.